The lowest BCUT2D eigenvalue weighted by atomic mass is 9.97. The summed E-state index contributed by atoms with van der Waals surface area (Å²) in [6.07, 6.45) is 0. The number of hydrogen-bond acceptors (Lipinski definition) is 4. The minimum absolute atomic E-state index is 0.842. The van der Waals surface area contributed by atoms with E-state index in [9.17, 15) is 0 Å². The van der Waals surface area contributed by atoms with Crippen molar-refractivity contribution in [2.24, 2.45) is 0 Å². The quantitative estimate of drug-likeness (QED) is 0.145. The molecule has 0 spiro atoms. The second kappa shape index (κ2) is 15.7. The zero-order valence-corrected chi connectivity index (χ0v) is 34.8. The molecule has 0 saturated heterocycles. The maximum absolute atomic E-state index is 6.52. The molecule has 4 nitrogen and oxygen atoms in total. The number of benzene rings is 10. The van der Waals surface area contributed by atoms with Gasteiger partial charge in [-0.3, -0.25) is 0 Å². The summed E-state index contributed by atoms with van der Waals surface area (Å²) in [5.41, 5.74) is 16.3. The highest BCUT2D eigenvalue weighted by atomic mass is 16.3. The van der Waals surface area contributed by atoms with Crippen LogP contribution in [0.25, 0.3) is 77.3 Å². The molecule has 2 aromatic heterocycles. The third-order valence-corrected chi connectivity index (χ3v) is 12.3. The topological polar surface area (TPSA) is 32.8 Å². The van der Waals surface area contributed by atoms with Crippen molar-refractivity contribution in [2.75, 3.05) is 9.80 Å². The van der Waals surface area contributed by atoms with E-state index in [1.54, 1.807) is 0 Å². The Morgan fingerprint density at radius 2 is 0.609 bits per heavy atom. The second-order valence-corrected chi connectivity index (χ2v) is 16.1. The molecule has 0 saturated carbocycles. The van der Waals surface area contributed by atoms with Gasteiger partial charge in [0.2, 0.25) is 0 Å². The second-order valence-electron chi connectivity index (χ2n) is 16.1. The number of nitrogens with zero attached hydrogens (tertiary/aromatic N) is 2. The Kier molecular flexibility index (Phi) is 9.12. The highest BCUT2D eigenvalue weighted by molar-refractivity contribution is 6.08. The first-order chi connectivity index (χ1) is 31.7. The fraction of sp³-hybridized carbons (Fsp3) is 0. The Morgan fingerprint density at radius 1 is 0.234 bits per heavy atom. The number of hydrogen-bond donors (Lipinski definition) is 0. The van der Waals surface area contributed by atoms with Gasteiger partial charge >= 0.3 is 0 Å². The molecule has 12 rings (SSSR count). The van der Waals surface area contributed by atoms with E-state index < -0.39 is 0 Å². The van der Waals surface area contributed by atoms with Gasteiger partial charge in [0.25, 0.3) is 0 Å². The third-order valence-electron chi connectivity index (χ3n) is 12.3. The van der Waals surface area contributed by atoms with Crippen LogP contribution >= 0.6 is 0 Å². The smallest absolute Gasteiger partial charge is 0.137 e. The first-order valence-electron chi connectivity index (χ1n) is 21.7. The summed E-state index contributed by atoms with van der Waals surface area (Å²) < 4.78 is 13.0. The zero-order valence-electron chi connectivity index (χ0n) is 34.8. The molecule has 0 aliphatic rings. The first-order valence-corrected chi connectivity index (χ1v) is 21.7. The minimum atomic E-state index is 0.842. The number of furan rings is 2. The molecule has 64 heavy (non-hydrogen) atoms. The van der Waals surface area contributed by atoms with E-state index in [-0.39, 0.29) is 0 Å². The van der Waals surface area contributed by atoms with E-state index in [4.69, 9.17) is 8.83 Å². The predicted molar refractivity (Wildman–Crippen MR) is 267 cm³/mol. The highest BCUT2D eigenvalue weighted by Crippen LogP contribution is 2.48. The van der Waals surface area contributed by atoms with Crippen molar-refractivity contribution >= 4 is 78.0 Å². The van der Waals surface area contributed by atoms with Crippen LogP contribution in [0, 0.1) is 0 Å². The maximum Gasteiger partial charge on any atom is 0.137 e. The van der Waals surface area contributed by atoms with Gasteiger partial charge in [-0.2, -0.15) is 0 Å². The van der Waals surface area contributed by atoms with Crippen LogP contribution in [0.4, 0.5) is 34.1 Å². The Balaban J connectivity index is 1.06. The van der Waals surface area contributed by atoms with E-state index in [0.29, 0.717) is 0 Å². The molecule has 0 aliphatic carbocycles. The summed E-state index contributed by atoms with van der Waals surface area (Å²) in [6.45, 7) is 0. The Morgan fingerprint density at radius 3 is 1.14 bits per heavy atom. The van der Waals surface area contributed by atoms with Crippen molar-refractivity contribution in [3.63, 3.8) is 0 Å². The normalized spacial score (nSPS) is 11.4. The van der Waals surface area contributed by atoms with Crippen LogP contribution in [0.15, 0.2) is 251 Å². The maximum atomic E-state index is 6.52. The average molecular weight is 821 g/mol. The fourth-order valence-corrected chi connectivity index (χ4v) is 9.33. The molecular weight excluding hydrogens is 781 g/mol. The largest absolute Gasteiger partial charge is 0.456 e. The van der Waals surface area contributed by atoms with Gasteiger partial charge in [-0.25, -0.2) is 0 Å². The van der Waals surface area contributed by atoms with Crippen molar-refractivity contribution < 1.29 is 8.83 Å². The lowest BCUT2D eigenvalue weighted by molar-refractivity contribution is 0.668. The van der Waals surface area contributed by atoms with Gasteiger partial charge in [0.1, 0.15) is 22.3 Å². The van der Waals surface area contributed by atoms with Crippen LogP contribution in [-0.4, -0.2) is 0 Å². The van der Waals surface area contributed by atoms with Crippen LogP contribution in [0.1, 0.15) is 0 Å². The van der Waals surface area contributed by atoms with Crippen molar-refractivity contribution in [3.05, 3.63) is 243 Å². The molecular formula is C60H40N2O2. The van der Waals surface area contributed by atoms with Crippen molar-refractivity contribution in [3.8, 4) is 33.4 Å². The SMILES string of the molecule is c1ccc(-c2ccccc2N(c2cccc(-c3ccccc3N(c3ccc4c(c3)oc3ccccc34)c3ccccc3-c3ccccc3)c2)c2ccc3c(c2)oc2ccccc23)cc1. The molecule has 0 unspecified atom stereocenters. The van der Waals surface area contributed by atoms with E-state index in [2.05, 4.69) is 228 Å². The molecule has 0 fully saturated rings. The Bertz CT molecular complexity index is 3640. The zero-order chi connectivity index (χ0) is 42.4. The number of rotatable bonds is 9. The van der Waals surface area contributed by atoms with Gasteiger partial charge in [0, 0.05) is 67.4 Å². The molecule has 0 amide bonds. The third kappa shape index (κ3) is 6.48. The van der Waals surface area contributed by atoms with E-state index in [0.717, 1.165) is 111 Å². The monoisotopic (exact) mass is 820 g/mol. The van der Waals surface area contributed by atoms with Gasteiger partial charge in [-0.05, 0) is 83.4 Å². The molecule has 10 aromatic carbocycles. The number of anilines is 6. The van der Waals surface area contributed by atoms with Crippen LogP contribution < -0.4 is 9.80 Å². The fourth-order valence-electron chi connectivity index (χ4n) is 9.33. The van der Waals surface area contributed by atoms with Gasteiger partial charge in [0.15, 0.2) is 0 Å². The van der Waals surface area contributed by atoms with Gasteiger partial charge < -0.3 is 18.6 Å². The summed E-state index contributed by atoms with van der Waals surface area (Å²) in [5.74, 6) is 0. The van der Waals surface area contributed by atoms with Gasteiger partial charge in [-0.1, -0.05) is 164 Å². The van der Waals surface area contributed by atoms with Crippen molar-refractivity contribution in [1.82, 2.24) is 0 Å². The lowest BCUT2D eigenvalue weighted by Crippen LogP contribution is -2.13. The molecule has 2 heterocycles. The van der Waals surface area contributed by atoms with E-state index in [1.165, 1.54) is 0 Å². The summed E-state index contributed by atoms with van der Waals surface area (Å²) >= 11 is 0. The standard InChI is InChI=1S/C60H40N2O2/c1-3-18-41(19-4-1)47-24-7-12-29-54(47)61(45-34-36-52-50-27-10-15-32-57(50)63-59(52)39-45)44-23-17-22-43(38-44)49-26-9-14-31-56(49)62(55-30-13-8-25-48(55)42-20-5-2-6-21-42)46-35-37-53-51-28-11-16-33-58(51)64-60(53)40-46/h1-40H. The number of para-hydroxylation sites is 5. The molecule has 302 valence electrons. The summed E-state index contributed by atoms with van der Waals surface area (Å²) in [7, 11) is 0. The summed E-state index contributed by atoms with van der Waals surface area (Å²) in [4.78, 5) is 4.74. The molecule has 0 N–H and O–H groups in total. The summed E-state index contributed by atoms with van der Waals surface area (Å²) in [6, 6.07) is 85.9. The predicted octanol–water partition coefficient (Wildman–Crippen LogP) is 17.4. The van der Waals surface area contributed by atoms with Crippen molar-refractivity contribution in [1.29, 1.82) is 0 Å². The molecule has 4 heteroatoms. The molecule has 0 aliphatic heterocycles. The highest BCUT2D eigenvalue weighted by Gasteiger charge is 2.24. The van der Waals surface area contributed by atoms with E-state index in [1.807, 2.05) is 24.3 Å². The molecule has 0 bridgehead atoms. The van der Waals surface area contributed by atoms with Gasteiger partial charge in [-0.15, -0.1) is 0 Å². The average Bonchev–Trinajstić information content (AvgIpc) is 3.93. The number of fused-ring (bicyclic) bond motifs is 6. The van der Waals surface area contributed by atoms with Gasteiger partial charge in [0.05, 0.1) is 17.1 Å². The van der Waals surface area contributed by atoms with Crippen LogP contribution in [0.2, 0.25) is 0 Å². The molecule has 12 aromatic rings. The van der Waals surface area contributed by atoms with Crippen molar-refractivity contribution in [2.45, 2.75) is 0 Å². The Hall–Kier alpha value is -8.60. The first kappa shape index (κ1) is 37.2. The van der Waals surface area contributed by atoms with Crippen LogP contribution in [-0.2, 0) is 0 Å². The van der Waals surface area contributed by atoms with Crippen LogP contribution in [0.5, 0.6) is 0 Å². The minimum Gasteiger partial charge on any atom is -0.456 e. The summed E-state index contributed by atoms with van der Waals surface area (Å²) in [5, 5.41) is 4.40. The lowest BCUT2D eigenvalue weighted by Gasteiger charge is -2.30. The van der Waals surface area contributed by atoms with Crippen LogP contribution in [0.3, 0.4) is 0 Å². The molecule has 0 radical (unpaired) electrons. The Labute approximate surface area is 371 Å². The molecule has 0 atom stereocenters. The van der Waals surface area contributed by atoms with E-state index >= 15 is 0 Å².